The molecule has 1 N–H and O–H groups in total. The molecular formula is C24H26Cl2N4O5S. The van der Waals surface area contributed by atoms with E-state index in [1.165, 1.54) is 11.3 Å². The Hall–Kier alpha value is -2.50. The van der Waals surface area contributed by atoms with Crippen molar-refractivity contribution < 1.29 is 24.2 Å². The Morgan fingerprint density at radius 1 is 1.33 bits per heavy atom. The second-order valence-electron chi connectivity index (χ2n) is 8.28. The summed E-state index contributed by atoms with van der Waals surface area (Å²) >= 11 is 14.1. The summed E-state index contributed by atoms with van der Waals surface area (Å²) in [5.74, 6) is -0.733. The fourth-order valence-corrected chi connectivity index (χ4v) is 5.27. The highest BCUT2D eigenvalue weighted by molar-refractivity contribution is 7.11. The van der Waals surface area contributed by atoms with Crippen LogP contribution in [0.5, 0.6) is 0 Å². The molecule has 2 aliphatic rings. The van der Waals surface area contributed by atoms with Gasteiger partial charge in [-0.25, -0.2) is 9.78 Å². The Bertz CT molecular complexity index is 1160. The van der Waals surface area contributed by atoms with Gasteiger partial charge in [0.1, 0.15) is 6.04 Å². The summed E-state index contributed by atoms with van der Waals surface area (Å²) in [7, 11) is 0. The van der Waals surface area contributed by atoms with Gasteiger partial charge in [0, 0.05) is 52.9 Å². The van der Waals surface area contributed by atoms with Gasteiger partial charge in [0.15, 0.2) is 10.8 Å². The van der Waals surface area contributed by atoms with Gasteiger partial charge in [0.25, 0.3) is 0 Å². The van der Waals surface area contributed by atoms with Crippen LogP contribution in [0.4, 0.5) is 0 Å². The number of aliphatic imine (C=N–C) groups is 1. The monoisotopic (exact) mass is 552 g/mol. The van der Waals surface area contributed by atoms with E-state index in [0.717, 1.165) is 0 Å². The molecule has 9 nitrogen and oxygen atoms in total. The number of hydrogen-bond acceptors (Lipinski definition) is 9. The maximum atomic E-state index is 13.0. The fourth-order valence-electron chi connectivity index (χ4n) is 4.11. The SMILES string of the molecule is CCOC(=O)C1=CN(CN2CCOC(CCC(=O)O)C2)C(c2nccs2)=NC1c1ccc(Cl)cc1Cl. The quantitative estimate of drug-likeness (QED) is 0.461. The first-order valence-corrected chi connectivity index (χ1v) is 13.1. The first kappa shape index (κ1) is 26.6. The van der Waals surface area contributed by atoms with Crippen molar-refractivity contribution in [1.82, 2.24) is 14.8 Å². The number of rotatable bonds is 9. The Labute approximate surface area is 222 Å². The van der Waals surface area contributed by atoms with E-state index in [-0.39, 0.29) is 19.1 Å². The highest BCUT2D eigenvalue weighted by Gasteiger charge is 2.34. The van der Waals surface area contributed by atoms with Crippen LogP contribution in [-0.2, 0) is 19.1 Å². The van der Waals surface area contributed by atoms with Crippen LogP contribution in [-0.4, -0.2) is 76.7 Å². The largest absolute Gasteiger partial charge is 0.481 e. The predicted molar refractivity (Wildman–Crippen MR) is 137 cm³/mol. The fraction of sp³-hybridized carbons (Fsp3) is 0.417. The van der Waals surface area contributed by atoms with Crippen LogP contribution in [0.25, 0.3) is 0 Å². The number of aliphatic carboxylic acids is 1. The zero-order chi connectivity index (χ0) is 25.7. The lowest BCUT2D eigenvalue weighted by atomic mass is 9.98. The number of carboxylic acid groups (broad SMARTS) is 1. The average molecular weight is 553 g/mol. The Morgan fingerprint density at radius 3 is 2.86 bits per heavy atom. The molecule has 2 aliphatic heterocycles. The smallest absolute Gasteiger partial charge is 0.338 e. The van der Waals surface area contributed by atoms with E-state index in [0.29, 0.717) is 64.8 Å². The number of esters is 1. The summed E-state index contributed by atoms with van der Waals surface area (Å²) in [5.41, 5.74) is 0.978. The number of amidine groups is 1. The average Bonchev–Trinajstić information content (AvgIpc) is 3.38. The first-order chi connectivity index (χ1) is 17.4. The highest BCUT2D eigenvalue weighted by Crippen LogP contribution is 2.37. The third-order valence-corrected chi connectivity index (χ3v) is 7.09. The number of benzene rings is 1. The van der Waals surface area contributed by atoms with Crippen LogP contribution in [0, 0.1) is 0 Å². The number of carboxylic acids is 1. The molecule has 0 amide bonds. The van der Waals surface area contributed by atoms with Crippen LogP contribution in [0.2, 0.25) is 10.0 Å². The number of hydrogen-bond donors (Lipinski definition) is 1. The molecule has 0 radical (unpaired) electrons. The highest BCUT2D eigenvalue weighted by atomic mass is 35.5. The van der Waals surface area contributed by atoms with Crippen molar-refractivity contribution in [3.63, 3.8) is 0 Å². The van der Waals surface area contributed by atoms with Crippen LogP contribution in [0.15, 0.2) is 46.5 Å². The summed E-state index contributed by atoms with van der Waals surface area (Å²) in [4.78, 5) is 37.5. The summed E-state index contributed by atoms with van der Waals surface area (Å²) in [6, 6.07) is 4.39. The predicted octanol–water partition coefficient (Wildman–Crippen LogP) is 4.22. The van der Waals surface area contributed by atoms with Crippen molar-refractivity contribution in [2.45, 2.75) is 31.9 Å². The molecule has 192 valence electrons. The van der Waals surface area contributed by atoms with Crippen molar-refractivity contribution in [2.75, 3.05) is 33.0 Å². The third kappa shape index (κ3) is 6.43. The van der Waals surface area contributed by atoms with Gasteiger partial charge < -0.3 is 19.5 Å². The van der Waals surface area contributed by atoms with E-state index in [2.05, 4.69) is 9.88 Å². The molecule has 3 heterocycles. The lowest BCUT2D eigenvalue weighted by Gasteiger charge is -2.38. The van der Waals surface area contributed by atoms with Gasteiger partial charge in [0.05, 0.1) is 31.6 Å². The molecule has 1 aromatic carbocycles. The minimum Gasteiger partial charge on any atom is -0.481 e. The van der Waals surface area contributed by atoms with E-state index in [4.69, 9.17) is 42.8 Å². The first-order valence-electron chi connectivity index (χ1n) is 11.5. The van der Waals surface area contributed by atoms with Gasteiger partial charge in [-0.3, -0.25) is 14.7 Å². The molecule has 0 spiro atoms. The van der Waals surface area contributed by atoms with Crippen molar-refractivity contribution in [2.24, 2.45) is 4.99 Å². The van der Waals surface area contributed by atoms with Crippen LogP contribution in [0.3, 0.4) is 0 Å². The zero-order valence-corrected chi connectivity index (χ0v) is 21.9. The molecule has 1 aromatic heterocycles. The Balaban J connectivity index is 1.67. The Morgan fingerprint density at radius 2 is 2.17 bits per heavy atom. The molecule has 2 unspecified atom stereocenters. The molecule has 1 fully saturated rings. The van der Waals surface area contributed by atoms with Crippen molar-refractivity contribution in [3.05, 3.63) is 62.2 Å². The maximum Gasteiger partial charge on any atom is 0.338 e. The topological polar surface area (TPSA) is 105 Å². The summed E-state index contributed by atoms with van der Waals surface area (Å²) in [6.45, 7) is 4.08. The normalized spacial score (nSPS) is 20.6. The van der Waals surface area contributed by atoms with E-state index in [9.17, 15) is 9.59 Å². The van der Waals surface area contributed by atoms with E-state index in [1.54, 1.807) is 37.5 Å². The van der Waals surface area contributed by atoms with Crippen molar-refractivity contribution in [1.29, 1.82) is 0 Å². The molecule has 0 saturated carbocycles. The standard InChI is InChI=1S/C24H26Cl2N4O5S/c1-2-34-24(33)18-13-30(14-29-8-9-35-16(12-29)4-6-20(31)32)22(23-27-7-10-36-23)28-21(18)17-5-3-15(25)11-19(17)26/h3,5,7,10-11,13,16,21H,2,4,6,8-9,12,14H2,1H3,(H,31,32). The van der Waals surface area contributed by atoms with Gasteiger partial charge in [-0.05, 0) is 25.5 Å². The molecule has 0 aliphatic carbocycles. The van der Waals surface area contributed by atoms with Gasteiger partial charge in [-0.1, -0.05) is 29.3 Å². The molecular weight excluding hydrogens is 527 g/mol. The minimum atomic E-state index is -0.848. The van der Waals surface area contributed by atoms with E-state index in [1.807, 2.05) is 10.3 Å². The number of morpholine rings is 1. The van der Waals surface area contributed by atoms with Crippen molar-refractivity contribution in [3.8, 4) is 0 Å². The number of carbonyl (C=O) groups excluding carboxylic acids is 1. The maximum absolute atomic E-state index is 13.0. The summed E-state index contributed by atoms with van der Waals surface area (Å²) in [6.07, 6.45) is 3.74. The van der Waals surface area contributed by atoms with Crippen LogP contribution >= 0.6 is 34.5 Å². The van der Waals surface area contributed by atoms with Gasteiger partial charge in [0.2, 0.25) is 0 Å². The number of aromatic nitrogens is 1. The van der Waals surface area contributed by atoms with Gasteiger partial charge in [-0.15, -0.1) is 11.3 Å². The third-order valence-electron chi connectivity index (χ3n) is 5.76. The number of halogens is 2. The zero-order valence-electron chi connectivity index (χ0n) is 19.6. The number of carbonyl (C=O) groups is 2. The van der Waals surface area contributed by atoms with Gasteiger partial charge >= 0.3 is 11.9 Å². The van der Waals surface area contributed by atoms with Crippen molar-refractivity contribution >= 4 is 52.3 Å². The van der Waals surface area contributed by atoms with Crippen LogP contribution in [0.1, 0.15) is 36.4 Å². The second kappa shape index (κ2) is 12.2. The van der Waals surface area contributed by atoms with Gasteiger partial charge in [-0.2, -0.15) is 0 Å². The second-order valence-corrected chi connectivity index (χ2v) is 10.0. The number of ether oxygens (including phenoxy) is 2. The number of nitrogens with zero attached hydrogens (tertiary/aromatic N) is 4. The van der Waals surface area contributed by atoms with E-state index < -0.39 is 18.0 Å². The molecule has 2 atom stereocenters. The Kier molecular flexibility index (Phi) is 8.97. The van der Waals surface area contributed by atoms with Crippen LogP contribution < -0.4 is 0 Å². The molecule has 1 saturated heterocycles. The molecule has 0 bridgehead atoms. The number of thiazole rings is 1. The molecule has 2 aromatic rings. The lowest BCUT2D eigenvalue weighted by molar-refractivity contribution is -0.139. The minimum absolute atomic E-state index is 0.0461. The van der Waals surface area contributed by atoms with E-state index >= 15 is 0 Å². The molecule has 4 rings (SSSR count). The molecule has 36 heavy (non-hydrogen) atoms. The molecule has 12 heteroatoms. The summed E-state index contributed by atoms with van der Waals surface area (Å²) in [5, 5.41) is 12.5. The lowest BCUT2D eigenvalue weighted by Crippen LogP contribution is -2.48. The summed E-state index contributed by atoms with van der Waals surface area (Å²) < 4.78 is 11.1.